The first-order chi connectivity index (χ1) is 5.24. The summed E-state index contributed by atoms with van der Waals surface area (Å²) in [6.07, 6.45) is 0. The molecule has 66 valence electrons. The number of rotatable bonds is 2. The molecule has 0 aromatic carbocycles. The van der Waals surface area contributed by atoms with Crippen molar-refractivity contribution in [1.29, 1.82) is 0 Å². The zero-order valence-corrected chi connectivity index (χ0v) is 7.99. The van der Waals surface area contributed by atoms with Crippen molar-refractivity contribution in [1.82, 2.24) is 9.62 Å². The fraction of sp³-hybridized carbons (Fsp3) is 1.00. The molecule has 0 amide bonds. The number of piperazine rings is 1. The van der Waals surface area contributed by atoms with Gasteiger partial charge in [0.25, 0.3) is 0 Å². The lowest BCUT2D eigenvalue weighted by Crippen LogP contribution is -2.49. The van der Waals surface area contributed by atoms with E-state index in [2.05, 4.69) is 12.2 Å². The van der Waals surface area contributed by atoms with Gasteiger partial charge in [-0.05, 0) is 6.92 Å². The van der Waals surface area contributed by atoms with Crippen molar-refractivity contribution in [2.75, 3.05) is 25.4 Å². The van der Waals surface area contributed by atoms with E-state index in [1.165, 1.54) is 0 Å². The first kappa shape index (κ1) is 9.16. The van der Waals surface area contributed by atoms with Gasteiger partial charge in [0, 0.05) is 31.4 Å². The van der Waals surface area contributed by atoms with Gasteiger partial charge in [-0.25, -0.2) is 8.51 Å². The Labute approximate surface area is 70.7 Å². The van der Waals surface area contributed by atoms with Gasteiger partial charge < -0.3 is 5.32 Å². The highest BCUT2D eigenvalue weighted by atomic mass is 32.2. The number of hydrogen-bond donors (Lipinski definition) is 1. The van der Waals surface area contributed by atoms with Crippen molar-refractivity contribution in [3.63, 3.8) is 0 Å². The molecule has 0 bridgehead atoms. The van der Waals surface area contributed by atoms with Crippen molar-refractivity contribution in [2.45, 2.75) is 19.9 Å². The molecule has 1 heterocycles. The largest absolute Gasteiger partial charge is 0.312 e. The van der Waals surface area contributed by atoms with E-state index in [1.54, 1.807) is 0 Å². The summed E-state index contributed by atoms with van der Waals surface area (Å²) >= 11 is 0. The predicted molar refractivity (Wildman–Crippen MR) is 47.7 cm³/mol. The fourth-order valence-electron chi connectivity index (χ4n) is 1.26. The van der Waals surface area contributed by atoms with E-state index in [4.69, 9.17) is 0 Å². The van der Waals surface area contributed by atoms with Crippen molar-refractivity contribution >= 4 is 11.0 Å². The van der Waals surface area contributed by atoms with Crippen LogP contribution >= 0.6 is 0 Å². The van der Waals surface area contributed by atoms with E-state index in [9.17, 15) is 4.21 Å². The van der Waals surface area contributed by atoms with Crippen LogP contribution < -0.4 is 5.32 Å². The van der Waals surface area contributed by atoms with Crippen LogP contribution in [0.5, 0.6) is 0 Å². The standard InChI is InChI=1S/C7H16N2OS/c1-3-11(10)9-5-4-8-7(2)6-9/h7-8H,3-6H2,1-2H3/t7-,11?/m1/s1. The molecular formula is C7H16N2OS. The Hall–Kier alpha value is 0.0700. The van der Waals surface area contributed by atoms with Crippen LogP contribution in [0.1, 0.15) is 13.8 Å². The van der Waals surface area contributed by atoms with Gasteiger partial charge in [-0.3, -0.25) is 0 Å². The molecule has 1 N–H and O–H groups in total. The SMILES string of the molecule is CCS(=O)N1CCN[C@H](C)C1. The summed E-state index contributed by atoms with van der Waals surface area (Å²) in [4.78, 5) is 0. The Morgan fingerprint density at radius 1 is 1.73 bits per heavy atom. The highest BCUT2D eigenvalue weighted by Crippen LogP contribution is 2.01. The molecule has 0 spiro atoms. The molecule has 1 unspecified atom stereocenters. The molecule has 1 aliphatic heterocycles. The van der Waals surface area contributed by atoms with Crippen LogP contribution in [0.3, 0.4) is 0 Å². The highest BCUT2D eigenvalue weighted by Gasteiger charge is 2.18. The Morgan fingerprint density at radius 3 is 3.00 bits per heavy atom. The fourth-order valence-corrected chi connectivity index (χ4v) is 2.31. The Morgan fingerprint density at radius 2 is 2.45 bits per heavy atom. The first-order valence-corrected chi connectivity index (χ1v) is 5.38. The molecule has 0 aromatic rings. The molecule has 0 saturated carbocycles. The highest BCUT2D eigenvalue weighted by molar-refractivity contribution is 7.82. The van der Waals surface area contributed by atoms with Gasteiger partial charge in [0.2, 0.25) is 0 Å². The second kappa shape index (κ2) is 4.18. The van der Waals surface area contributed by atoms with Crippen LogP contribution in [0, 0.1) is 0 Å². The summed E-state index contributed by atoms with van der Waals surface area (Å²) in [5, 5.41) is 3.31. The summed E-state index contributed by atoms with van der Waals surface area (Å²) < 4.78 is 13.4. The minimum atomic E-state index is -0.741. The molecule has 1 saturated heterocycles. The third kappa shape index (κ3) is 2.54. The molecule has 4 heteroatoms. The minimum absolute atomic E-state index is 0.485. The van der Waals surface area contributed by atoms with Gasteiger partial charge in [0.1, 0.15) is 0 Å². The van der Waals surface area contributed by atoms with E-state index in [0.717, 1.165) is 25.4 Å². The topological polar surface area (TPSA) is 32.3 Å². The van der Waals surface area contributed by atoms with Crippen LogP contribution in [-0.4, -0.2) is 39.9 Å². The van der Waals surface area contributed by atoms with E-state index in [0.29, 0.717) is 6.04 Å². The molecular weight excluding hydrogens is 160 g/mol. The zero-order valence-electron chi connectivity index (χ0n) is 7.17. The Bertz CT molecular complexity index is 151. The second-order valence-corrected chi connectivity index (χ2v) is 4.59. The van der Waals surface area contributed by atoms with Gasteiger partial charge in [-0.15, -0.1) is 0 Å². The maximum absolute atomic E-state index is 11.3. The molecule has 0 radical (unpaired) electrons. The lowest BCUT2D eigenvalue weighted by atomic mass is 10.3. The molecule has 0 aliphatic carbocycles. The number of nitrogens with zero attached hydrogens (tertiary/aromatic N) is 1. The van der Waals surface area contributed by atoms with E-state index >= 15 is 0 Å². The monoisotopic (exact) mass is 176 g/mol. The van der Waals surface area contributed by atoms with Crippen molar-refractivity contribution < 1.29 is 4.21 Å². The summed E-state index contributed by atoms with van der Waals surface area (Å²) in [5.41, 5.74) is 0. The third-order valence-electron chi connectivity index (χ3n) is 1.87. The van der Waals surface area contributed by atoms with Crippen molar-refractivity contribution in [3.8, 4) is 0 Å². The van der Waals surface area contributed by atoms with Gasteiger partial charge in [0.15, 0.2) is 0 Å². The van der Waals surface area contributed by atoms with E-state index in [1.807, 2.05) is 11.2 Å². The summed E-state index contributed by atoms with van der Waals surface area (Å²) in [6, 6.07) is 0.485. The Kier molecular flexibility index (Phi) is 3.48. The van der Waals surface area contributed by atoms with Crippen LogP contribution in [0.4, 0.5) is 0 Å². The minimum Gasteiger partial charge on any atom is -0.312 e. The predicted octanol–water partition coefficient (Wildman–Crippen LogP) is -0.0363. The lowest BCUT2D eigenvalue weighted by molar-refractivity contribution is 0.324. The third-order valence-corrected chi connectivity index (χ3v) is 3.27. The maximum Gasteiger partial charge on any atom is 0.0940 e. The lowest BCUT2D eigenvalue weighted by Gasteiger charge is -2.30. The van der Waals surface area contributed by atoms with E-state index < -0.39 is 11.0 Å². The van der Waals surface area contributed by atoms with Crippen LogP contribution in [-0.2, 0) is 11.0 Å². The average Bonchev–Trinajstić information content (AvgIpc) is 2.03. The van der Waals surface area contributed by atoms with Gasteiger partial charge in [-0.2, -0.15) is 0 Å². The molecule has 11 heavy (non-hydrogen) atoms. The average molecular weight is 176 g/mol. The van der Waals surface area contributed by atoms with Crippen molar-refractivity contribution in [3.05, 3.63) is 0 Å². The maximum atomic E-state index is 11.3. The van der Waals surface area contributed by atoms with Gasteiger partial charge in [0.05, 0.1) is 11.0 Å². The second-order valence-electron chi connectivity index (χ2n) is 2.85. The summed E-state index contributed by atoms with van der Waals surface area (Å²) in [6.45, 7) is 6.89. The molecule has 0 aromatic heterocycles. The normalized spacial score (nSPS) is 30.2. The molecule has 2 atom stereocenters. The van der Waals surface area contributed by atoms with Crippen LogP contribution in [0.2, 0.25) is 0 Å². The zero-order chi connectivity index (χ0) is 8.27. The molecule has 1 aliphatic rings. The molecule has 1 fully saturated rings. The van der Waals surface area contributed by atoms with Gasteiger partial charge >= 0.3 is 0 Å². The molecule has 3 nitrogen and oxygen atoms in total. The van der Waals surface area contributed by atoms with Crippen LogP contribution in [0.15, 0.2) is 0 Å². The first-order valence-electron chi connectivity index (χ1n) is 4.11. The molecule has 1 rings (SSSR count). The van der Waals surface area contributed by atoms with E-state index in [-0.39, 0.29) is 0 Å². The quantitative estimate of drug-likeness (QED) is 0.640. The van der Waals surface area contributed by atoms with Crippen molar-refractivity contribution in [2.24, 2.45) is 0 Å². The number of hydrogen-bond acceptors (Lipinski definition) is 2. The number of nitrogens with one attached hydrogen (secondary N) is 1. The van der Waals surface area contributed by atoms with Crippen LogP contribution in [0.25, 0.3) is 0 Å². The summed E-state index contributed by atoms with van der Waals surface area (Å²) in [5.74, 6) is 0.743. The Balaban J connectivity index is 2.39. The smallest absolute Gasteiger partial charge is 0.0940 e. The van der Waals surface area contributed by atoms with Gasteiger partial charge in [-0.1, -0.05) is 6.92 Å². The summed E-state index contributed by atoms with van der Waals surface area (Å²) in [7, 11) is -0.741.